The van der Waals surface area contributed by atoms with E-state index in [1.54, 1.807) is 49.4 Å². The van der Waals surface area contributed by atoms with Crippen molar-refractivity contribution in [1.82, 2.24) is 4.98 Å². The van der Waals surface area contributed by atoms with Crippen molar-refractivity contribution in [2.45, 2.75) is 6.92 Å². The molecule has 1 aliphatic heterocycles. The molecular formula is C25H19N3O5. The van der Waals surface area contributed by atoms with Crippen LogP contribution in [0.2, 0.25) is 0 Å². The fourth-order valence-corrected chi connectivity index (χ4v) is 3.46. The molecule has 2 heterocycles. The third-order valence-electron chi connectivity index (χ3n) is 5.08. The number of carbonyl (C=O) groups excluding carboxylic acids is 2. The molecule has 0 aliphatic carbocycles. The molecule has 0 fully saturated rings. The SMILES string of the molecule is Cc1oc(-c2ccccc2)nc1C(=O)Nc1ccccc1C(=O)Nc1ccc2c(c1)OCO2. The first kappa shape index (κ1) is 20.3. The van der Waals surface area contributed by atoms with Crippen molar-refractivity contribution in [3.63, 3.8) is 0 Å². The number of nitrogens with one attached hydrogen (secondary N) is 2. The lowest BCUT2D eigenvalue weighted by Crippen LogP contribution is -2.19. The summed E-state index contributed by atoms with van der Waals surface area (Å²) in [6.45, 7) is 1.82. The highest BCUT2D eigenvalue weighted by Crippen LogP contribution is 2.34. The molecule has 0 spiro atoms. The quantitative estimate of drug-likeness (QED) is 0.457. The first-order chi connectivity index (χ1) is 16.1. The van der Waals surface area contributed by atoms with Crippen molar-refractivity contribution in [1.29, 1.82) is 0 Å². The number of aromatic nitrogens is 1. The zero-order valence-electron chi connectivity index (χ0n) is 17.6. The number of carbonyl (C=O) groups is 2. The Kier molecular flexibility index (Phi) is 5.24. The third kappa shape index (κ3) is 4.14. The van der Waals surface area contributed by atoms with E-state index < -0.39 is 5.91 Å². The number of oxazole rings is 1. The molecule has 1 aliphatic rings. The Hall–Kier alpha value is -4.59. The maximum absolute atomic E-state index is 12.9. The summed E-state index contributed by atoms with van der Waals surface area (Å²) in [6, 6.07) is 21.2. The molecule has 2 N–H and O–H groups in total. The minimum Gasteiger partial charge on any atom is -0.454 e. The van der Waals surface area contributed by atoms with Crippen molar-refractivity contribution in [2.24, 2.45) is 0 Å². The lowest BCUT2D eigenvalue weighted by molar-refractivity contribution is 0.102. The molecule has 33 heavy (non-hydrogen) atoms. The molecule has 0 radical (unpaired) electrons. The van der Waals surface area contributed by atoms with Gasteiger partial charge >= 0.3 is 0 Å². The standard InChI is InChI=1S/C25H19N3O5/c1-15-22(28-25(33-15)16-7-3-2-4-8-16)24(30)27-19-10-6-5-9-18(19)23(29)26-17-11-12-20-21(13-17)32-14-31-20/h2-13H,14H2,1H3,(H,26,29)(H,27,30). The van der Waals surface area contributed by atoms with Crippen LogP contribution in [0.1, 0.15) is 26.6 Å². The molecular weight excluding hydrogens is 422 g/mol. The Morgan fingerprint density at radius 2 is 1.61 bits per heavy atom. The van der Waals surface area contributed by atoms with Gasteiger partial charge in [0.2, 0.25) is 12.7 Å². The zero-order valence-corrected chi connectivity index (χ0v) is 17.6. The smallest absolute Gasteiger partial charge is 0.277 e. The highest BCUT2D eigenvalue weighted by Gasteiger charge is 2.21. The first-order valence-electron chi connectivity index (χ1n) is 10.2. The number of para-hydroxylation sites is 1. The highest BCUT2D eigenvalue weighted by molar-refractivity contribution is 6.12. The van der Waals surface area contributed by atoms with E-state index >= 15 is 0 Å². The number of ether oxygens (including phenoxy) is 2. The van der Waals surface area contributed by atoms with E-state index in [0.29, 0.717) is 40.1 Å². The van der Waals surface area contributed by atoms with Gasteiger partial charge in [-0.2, -0.15) is 0 Å². The Morgan fingerprint density at radius 1 is 0.848 bits per heavy atom. The van der Waals surface area contributed by atoms with Crippen LogP contribution in [0.15, 0.2) is 77.2 Å². The second-order valence-electron chi connectivity index (χ2n) is 7.31. The fourth-order valence-electron chi connectivity index (χ4n) is 3.46. The van der Waals surface area contributed by atoms with Crippen molar-refractivity contribution < 1.29 is 23.5 Å². The van der Waals surface area contributed by atoms with Crippen LogP contribution in [0.25, 0.3) is 11.5 Å². The predicted octanol–water partition coefficient (Wildman–Crippen LogP) is 4.88. The maximum atomic E-state index is 12.9. The summed E-state index contributed by atoms with van der Waals surface area (Å²) < 4.78 is 16.3. The largest absolute Gasteiger partial charge is 0.454 e. The second kappa shape index (κ2) is 8.51. The van der Waals surface area contributed by atoms with Crippen LogP contribution in [-0.2, 0) is 0 Å². The first-order valence-corrected chi connectivity index (χ1v) is 10.2. The summed E-state index contributed by atoms with van der Waals surface area (Å²) in [6.07, 6.45) is 0. The number of aryl methyl sites for hydroxylation is 1. The molecule has 0 saturated carbocycles. The van der Waals surface area contributed by atoms with Crippen LogP contribution in [0.4, 0.5) is 11.4 Å². The van der Waals surface area contributed by atoms with E-state index in [1.807, 2.05) is 30.3 Å². The lowest BCUT2D eigenvalue weighted by atomic mass is 10.1. The minimum absolute atomic E-state index is 0.148. The van der Waals surface area contributed by atoms with Crippen LogP contribution in [0.3, 0.4) is 0 Å². The van der Waals surface area contributed by atoms with Gasteiger partial charge in [-0.1, -0.05) is 30.3 Å². The number of nitrogens with zero attached hydrogens (tertiary/aromatic N) is 1. The third-order valence-corrected chi connectivity index (χ3v) is 5.08. The summed E-state index contributed by atoms with van der Waals surface area (Å²) in [4.78, 5) is 30.2. The van der Waals surface area contributed by atoms with Gasteiger partial charge in [-0.05, 0) is 43.3 Å². The highest BCUT2D eigenvalue weighted by atomic mass is 16.7. The van der Waals surface area contributed by atoms with Crippen molar-refractivity contribution in [2.75, 3.05) is 17.4 Å². The summed E-state index contributed by atoms with van der Waals surface area (Å²) in [5.74, 6) is 1.07. The molecule has 0 saturated heterocycles. The average Bonchev–Trinajstić information content (AvgIpc) is 3.46. The molecule has 0 atom stereocenters. The van der Waals surface area contributed by atoms with Crippen LogP contribution in [-0.4, -0.2) is 23.6 Å². The van der Waals surface area contributed by atoms with Crippen LogP contribution in [0.5, 0.6) is 11.5 Å². The van der Waals surface area contributed by atoms with Gasteiger partial charge in [0.05, 0.1) is 11.3 Å². The summed E-state index contributed by atoms with van der Waals surface area (Å²) in [5, 5.41) is 5.59. The monoisotopic (exact) mass is 441 g/mol. The summed E-state index contributed by atoms with van der Waals surface area (Å²) in [7, 11) is 0. The van der Waals surface area contributed by atoms with E-state index in [4.69, 9.17) is 13.9 Å². The second-order valence-corrected chi connectivity index (χ2v) is 7.31. The number of amides is 2. The molecule has 0 unspecified atom stereocenters. The number of hydrogen-bond acceptors (Lipinski definition) is 6. The summed E-state index contributed by atoms with van der Waals surface area (Å²) in [5.41, 5.74) is 2.12. The lowest BCUT2D eigenvalue weighted by Gasteiger charge is -2.11. The maximum Gasteiger partial charge on any atom is 0.277 e. The van der Waals surface area contributed by atoms with Crippen LogP contribution < -0.4 is 20.1 Å². The van der Waals surface area contributed by atoms with Gasteiger partial charge in [-0.15, -0.1) is 0 Å². The molecule has 8 heteroatoms. The number of fused-ring (bicyclic) bond motifs is 1. The minimum atomic E-state index is -0.471. The number of benzene rings is 3. The normalized spacial score (nSPS) is 11.8. The number of hydrogen-bond donors (Lipinski definition) is 2. The van der Waals surface area contributed by atoms with Gasteiger partial charge in [0, 0.05) is 17.3 Å². The molecule has 3 aromatic carbocycles. The molecule has 164 valence electrons. The van der Waals surface area contributed by atoms with E-state index in [9.17, 15) is 9.59 Å². The van der Waals surface area contributed by atoms with Crippen molar-refractivity contribution in [3.8, 4) is 23.0 Å². The summed E-state index contributed by atoms with van der Waals surface area (Å²) >= 11 is 0. The number of rotatable bonds is 5. The van der Waals surface area contributed by atoms with E-state index in [2.05, 4.69) is 15.6 Å². The van der Waals surface area contributed by atoms with E-state index in [0.717, 1.165) is 5.56 Å². The van der Waals surface area contributed by atoms with Crippen LogP contribution >= 0.6 is 0 Å². The average molecular weight is 441 g/mol. The van der Waals surface area contributed by atoms with Crippen molar-refractivity contribution >= 4 is 23.2 Å². The Balaban J connectivity index is 1.35. The van der Waals surface area contributed by atoms with Gasteiger partial charge in [0.15, 0.2) is 17.2 Å². The molecule has 0 bridgehead atoms. The molecule has 8 nitrogen and oxygen atoms in total. The predicted molar refractivity (Wildman–Crippen MR) is 122 cm³/mol. The zero-order chi connectivity index (χ0) is 22.8. The van der Waals surface area contributed by atoms with Gasteiger partial charge in [-0.25, -0.2) is 4.98 Å². The Bertz CT molecular complexity index is 1350. The van der Waals surface area contributed by atoms with Gasteiger partial charge in [0.1, 0.15) is 5.76 Å². The fraction of sp³-hybridized carbons (Fsp3) is 0.0800. The van der Waals surface area contributed by atoms with Crippen LogP contribution in [0, 0.1) is 6.92 Å². The molecule has 5 rings (SSSR count). The molecule has 2 amide bonds. The van der Waals surface area contributed by atoms with Crippen molar-refractivity contribution in [3.05, 3.63) is 89.8 Å². The molecule has 4 aromatic rings. The molecule has 1 aromatic heterocycles. The Morgan fingerprint density at radius 3 is 2.45 bits per heavy atom. The van der Waals surface area contributed by atoms with E-state index in [-0.39, 0.29) is 18.4 Å². The number of anilines is 2. The Labute approximate surface area is 189 Å². The topological polar surface area (TPSA) is 103 Å². The van der Waals surface area contributed by atoms with Gasteiger partial charge in [-0.3, -0.25) is 9.59 Å². The van der Waals surface area contributed by atoms with Gasteiger partial charge < -0.3 is 24.5 Å². The van der Waals surface area contributed by atoms with Gasteiger partial charge in [0.25, 0.3) is 11.8 Å². The van der Waals surface area contributed by atoms with E-state index in [1.165, 1.54) is 0 Å².